The summed E-state index contributed by atoms with van der Waals surface area (Å²) in [7, 11) is 1.82. The number of likely N-dealkylation sites (N-methyl/N-ethyl adjacent to an activating group) is 1. The van der Waals surface area contributed by atoms with Gasteiger partial charge in [0.2, 0.25) is 5.91 Å². The van der Waals surface area contributed by atoms with Crippen LogP contribution in [-0.2, 0) is 24.3 Å². The number of rotatable bonds is 5. The minimum Gasteiger partial charge on any atom is -0.341 e. The van der Waals surface area contributed by atoms with E-state index in [-0.39, 0.29) is 18.4 Å². The molecule has 2 aromatic carbocycles. The van der Waals surface area contributed by atoms with Gasteiger partial charge in [0.1, 0.15) is 0 Å². The molecule has 0 N–H and O–H groups in total. The number of carbonyl (C=O) groups excluding carboxylic acids is 1. The Bertz CT molecular complexity index is 981. The Morgan fingerprint density at radius 2 is 1.86 bits per heavy atom. The molecule has 1 aromatic heterocycles. The maximum atomic E-state index is 13.3. The van der Waals surface area contributed by atoms with E-state index in [0.29, 0.717) is 6.54 Å². The van der Waals surface area contributed by atoms with Gasteiger partial charge >= 0.3 is 0 Å². The fourth-order valence-corrected chi connectivity index (χ4v) is 4.45. The van der Waals surface area contributed by atoms with Gasteiger partial charge in [-0.25, -0.2) is 8.78 Å². The van der Waals surface area contributed by atoms with Gasteiger partial charge in [-0.2, -0.15) is 0 Å². The zero-order valence-electron chi connectivity index (χ0n) is 15.9. The van der Waals surface area contributed by atoms with Gasteiger partial charge in [0.15, 0.2) is 0 Å². The number of hydrogen-bond donors (Lipinski definition) is 0. The Labute approximate surface area is 163 Å². The van der Waals surface area contributed by atoms with Gasteiger partial charge in [-0.3, -0.25) is 4.79 Å². The summed E-state index contributed by atoms with van der Waals surface area (Å²) in [6.07, 6.45) is -0.0876. The molecule has 5 heteroatoms. The molecule has 0 saturated carbocycles. The first-order chi connectivity index (χ1) is 13.6. The van der Waals surface area contributed by atoms with Crippen LogP contribution in [0.1, 0.15) is 35.6 Å². The summed E-state index contributed by atoms with van der Waals surface area (Å²) in [6, 6.07) is 17.5. The van der Waals surface area contributed by atoms with Gasteiger partial charge in [-0.1, -0.05) is 48.5 Å². The summed E-state index contributed by atoms with van der Waals surface area (Å²) in [6.45, 7) is 0.220. The first-order valence-corrected chi connectivity index (χ1v) is 9.73. The molecule has 1 unspecified atom stereocenters. The third-order valence-corrected chi connectivity index (χ3v) is 5.63. The molecule has 0 aliphatic heterocycles. The van der Waals surface area contributed by atoms with E-state index in [9.17, 15) is 13.6 Å². The topological polar surface area (TPSA) is 25.2 Å². The third-order valence-electron chi connectivity index (χ3n) is 5.63. The molecule has 3 aromatic rings. The van der Waals surface area contributed by atoms with Crippen molar-refractivity contribution in [3.8, 4) is 0 Å². The molecule has 28 heavy (non-hydrogen) atoms. The average molecular weight is 382 g/mol. The number of halogens is 2. The van der Waals surface area contributed by atoms with Gasteiger partial charge in [0.05, 0.1) is 12.5 Å². The van der Waals surface area contributed by atoms with E-state index < -0.39 is 6.43 Å². The SMILES string of the molecule is CN(Cc1ccccc1)C(=O)C1CCCc2c1c1ccccc1n2CC(F)F. The lowest BCUT2D eigenvalue weighted by Crippen LogP contribution is -2.33. The van der Waals surface area contributed by atoms with Crippen LogP contribution in [-0.4, -0.2) is 28.8 Å². The van der Waals surface area contributed by atoms with Crippen molar-refractivity contribution in [3.05, 3.63) is 71.4 Å². The highest BCUT2D eigenvalue weighted by atomic mass is 19.3. The van der Waals surface area contributed by atoms with Gasteiger partial charge in [-0.05, 0) is 36.5 Å². The van der Waals surface area contributed by atoms with E-state index in [1.54, 1.807) is 9.47 Å². The number of aromatic nitrogens is 1. The molecule has 0 spiro atoms. The zero-order valence-corrected chi connectivity index (χ0v) is 15.9. The number of carbonyl (C=O) groups is 1. The van der Waals surface area contributed by atoms with Crippen LogP contribution in [0.5, 0.6) is 0 Å². The van der Waals surface area contributed by atoms with Crippen molar-refractivity contribution in [3.63, 3.8) is 0 Å². The second-order valence-electron chi connectivity index (χ2n) is 7.50. The van der Waals surface area contributed by atoms with Gasteiger partial charge in [0, 0.05) is 30.2 Å². The molecule has 1 atom stereocenters. The Hall–Kier alpha value is -2.69. The van der Waals surface area contributed by atoms with Crippen LogP contribution in [0.4, 0.5) is 8.78 Å². The predicted octanol–water partition coefficient (Wildman–Crippen LogP) is 4.98. The molecule has 0 fully saturated rings. The summed E-state index contributed by atoms with van der Waals surface area (Å²) in [5.41, 5.74) is 3.74. The highest BCUT2D eigenvalue weighted by Crippen LogP contribution is 2.40. The first kappa shape index (κ1) is 18.7. The largest absolute Gasteiger partial charge is 0.341 e. The Morgan fingerprint density at radius 1 is 1.14 bits per heavy atom. The normalized spacial score (nSPS) is 16.4. The number of fused-ring (bicyclic) bond motifs is 3. The number of nitrogens with zero attached hydrogens (tertiary/aromatic N) is 2. The lowest BCUT2D eigenvalue weighted by Gasteiger charge is -2.28. The van der Waals surface area contributed by atoms with E-state index in [1.165, 1.54) is 0 Å². The summed E-state index contributed by atoms with van der Waals surface area (Å²) in [4.78, 5) is 15.1. The molecule has 1 heterocycles. The number of benzene rings is 2. The number of amides is 1. The van der Waals surface area contributed by atoms with Crippen molar-refractivity contribution in [2.24, 2.45) is 0 Å². The molecule has 146 valence electrons. The summed E-state index contributed by atoms with van der Waals surface area (Å²) in [5.74, 6) is -0.217. The molecule has 3 nitrogen and oxygen atoms in total. The van der Waals surface area contributed by atoms with Gasteiger partial charge in [0.25, 0.3) is 6.43 Å². The van der Waals surface area contributed by atoms with E-state index in [4.69, 9.17) is 0 Å². The van der Waals surface area contributed by atoms with Crippen molar-refractivity contribution in [2.45, 2.75) is 44.7 Å². The van der Waals surface area contributed by atoms with Crippen LogP contribution < -0.4 is 0 Å². The third kappa shape index (κ3) is 3.41. The smallest absolute Gasteiger partial charge is 0.256 e. The maximum absolute atomic E-state index is 13.3. The maximum Gasteiger partial charge on any atom is 0.256 e. The lowest BCUT2D eigenvalue weighted by atomic mass is 9.84. The standard InChI is InChI=1S/C23H24F2N2O/c1-26(14-16-8-3-2-4-9-16)23(28)18-11-7-13-20-22(18)17-10-5-6-12-19(17)27(20)15-21(24)25/h2-6,8-10,12,18,21H,7,11,13-15H2,1H3. The van der Waals surface area contributed by atoms with E-state index in [0.717, 1.165) is 47.0 Å². The quantitative estimate of drug-likeness (QED) is 0.611. The van der Waals surface area contributed by atoms with Crippen molar-refractivity contribution in [1.29, 1.82) is 0 Å². The second-order valence-corrected chi connectivity index (χ2v) is 7.50. The van der Waals surface area contributed by atoms with Crippen LogP contribution in [0.3, 0.4) is 0 Å². The van der Waals surface area contributed by atoms with Gasteiger partial charge < -0.3 is 9.47 Å². The summed E-state index contributed by atoms with van der Waals surface area (Å²) in [5, 5.41) is 0.935. The predicted molar refractivity (Wildman–Crippen MR) is 107 cm³/mol. The van der Waals surface area contributed by atoms with E-state index in [1.807, 2.05) is 61.6 Å². The van der Waals surface area contributed by atoms with Crippen LogP contribution in [0.15, 0.2) is 54.6 Å². The van der Waals surface area contributed by atoms with Crippen LogP contribution >= 0.6 is 0 Å². The second kappa shape index (κ2) is 7.74. The van der Waals surface area contributed by atoms with Crippen LogP contribution in [0, 0.1) is 0 Å². The van der Waals surface area contributed by atoms with Crippen molar-refractivity contribution in [2.75, 3.05) is 7.05 Å². The molecule has 0 bridgehead atoms. The van der Waals surface area contributed by atoms with Crippen molar-refractivity contribution >= 4 is 16.8 Å². The van der Waals surface area contributed by atoms with E-state index >= 15 is 0 Å². The highest BCUT2D eigenvalue weighted by molar-refractivity contribution is 5.94. The number of hydrogen-bond acceptors (Lipinski definition) is 1. The Balaban J connectivity index is 1.71. The molecule has 1 amide bonds. The minimum atomic E-state index is -2.42. The first-order valence-electron chi connectivity index (χ1n) is 9.73. The van der Waals surface area contributed by atoms with Crippen molar-refractivity contribution in [1.82, 2.24) is 9.47 Å². The number of alkyl halides is 2. The summed E-state index contributed by atoms with van der Waals surface area (Å²) < 4.78 is 28.2. The fourth-order valence-electron chi connectivity index (χ4n) is 4.45. The summed E-state index contributed by atoms with van der Waals surface area (Å²) >= 11 is 0. The van der Waals surface area contributed by atoms with Crippen LogP contribution in [0.2, 0.25) is 0 Å². The highest BCUT2D eigenvalue weighted by Gasteiger charge is 2.33. The van der Waals surface area contributed by atoms with E-state index in [2.05, 4.69) is 0 Å². The molecule has 0 radical (unpaired) electrons. The zero-order chi connectivity index (χ0) is 19.7. The molecule has 1 aliphatic rings. The average Bonchev–Trinajstić information content (AvgIpc) is 3.02. The Kier molecular flexibility index (Phi) is 5.16. The number of para-hydroxylation sites is 1. The minimum absolute atomic E-state index is 0.0600. The van der Waals surface area contributed by atoms with Crippen molar-refractivity contribution < 1.29 is 13.6 Å². The molecular formula is C23H24F2N2O. The molecule has 0 saturated heterocycles. The fraction of sp³-hybridized carbons (Fsp3) is 0.348. The Morgan fingerprint density at radius 3 is 2.61 bits per heavy atom. The van der Waals surface area contributed by atoms with Crippen LogP contribution in [0.25, 0.3) is 10.9 Å². The monoisotopic (exact) mass is 382 g/mol. The molecular weight excluding hydrogens is 358 g/mol. The van der Waals surface area contributed by atoms with Gasteiger partial charge in [-0.15, -0.1) is 0 Å². The molecule has 4 rings (SSSR count). The lowest BCUT2D eigenvalue weighted by molar-refractivity contribution is -0.132. The molecule has 1 aliphatic carbocycles.